The molecule has 0 spiro atoms. The van der Waals surface area contributed by atoms with E-state index in [1.807, 2.05) is 54.6 Å². The summed E-state index contributed by atoms with van der Waals surface area (Å²) in [6.45, 7) is 0. The Labute approximate surface area is 187 Å². The summed E-state index contributed by atoms with van der Waals surface area (Å²) in [4.78, 5) is 25.3. The van der Waals surface area contributed by atoms with Gasteiger partial charge < -0.3 is 5.32 Å². The van der Waals surface area contributed by atoms with Crippen molar-refractivity contribution < 1.29 is 9.59 Å². The zero-order valence-electron chi connectivity index (χ0n) is 15.7. The summed E-state index contributed by atoms with van der Waals surface area (Å²) in [5.41, 5.74) is 4.31. The summed E-state index contributed by atoms with van der Waals surface area (Å²) in [5, 5.41) is 6.89. The normalized spacial score (nSPS) is 11.3. The Bertz CT molecular complexity index is 1100. The van der Waals surface area contributed by atoms with Gasteiger partial charge in [0.05, 0.1) is 16.8 Å². The van der Waals surface area contributed by atoms with Gasteiger partial charge in [-0.2, -0.15) is 5.10 Å². The van der Waals surface area contributed by atoms with Crippen molar-refractivity contribution in [2.45, 2.75) is 0 Å². The van der Waals surface area contributed by atoms with E-state index in [4.69, 9.17) is 11.6 Å². The Morgan fingerprint density at radius 2 is 1.53 bits per heavy atom. The molecule has 0 aliphatic heterocycles. The monoisotopic (exact) mass is 481 g/mol. The van der Waals surface area contributed by atoms with Gasteiger partial charge in [-0.15, -0.1) is 0 Å². The average Bonchev–Trinajstić information content (AvgIpc) is 2.75. The van der Waals surface area contributed by atoms with Gasteiger partial charge >= 0.3 is 0 Å². The SMILES string of the molecule is O=C(N/N=C/c1ccc(Br)cc1)/C(=C/c1ccccc1)NC(=O)c1ccccc1Cl. The number of nitrogens with zero attached hydrogens (tertiary/aromatic N) is 1. The van der Waals surface area contributed by atoms with Crippen LogP contribution in [0.2, 0.25) is 5.02 Å². The van der Waals surface area contributed by atoms with Gasteiger partial charge in [-0.25, -0.2) is 5.43 Å². The van der Waals surface area contributed by atoms with Crippen LogP contribution in [-0.4, -0.2) is 18.0 Å². The number of hydrogen-bond acceptors (Lipinski definition) is 3. The predicted octanol–water partition coefficient (Wildman–Crippen LogP) is 5.02. The summed E-state index contributed by atoms with van der Waals surface area (Å²) in [6.07, 6.45) is 3.08. The predicted molar refractivity (Wildman–Crippen MR) is 123 cm³/mol. The lowest BCUT2D eigenvalue weighted by molar-refractivity contribution is -0.117. The standard InChI is InChI=1S/C23H17BrClN3O2/c24-18-12-10-17(11-13-18)15-26-28-23(30)21(14-16-6-2-1-3-7-16)27-22(29)19-8-4-5-9-20(19)25/h1-15H,(H,27,29)(H,28,30)/b21-14-,26-15+. The molecule has 3 aromatic carbocycles. The number of hydrogen-bond donors (Lipinski definition) is 2. The number of benzene rings is 3. The number of carbonyl (C=O) groups excluding carboxylic acids is 2. The molecule has 150 valence electrons. The third kappa shape index (κ3) is 6.14. The Balaban J connectivity index is 1.79. The van der Waals surface area contributed by atoms with E-state index in [0.29, 0.717) is 5.02 Å². The molecule has 5 nitrogen and oxygen atoms in total. The molecule has 0 fully saturated rings. The molecule has 0 radical (unpaired) electrons. The Morgan fingerprint density at radius 1 is 0.867 bits per heavy atom. The maximum Gasteiger partial charge on any atom is 0.287 e. The van der Waals surface area contributed by atoms with Gasteiger partial charge in [0.25, 0.3) is 11.8 Å². The fourth-order valence-electron chi connectivity index (χ4n) is 2.48. The van der Waals surface area contributed by atoms with Gasteiger partial charge in [0.15, 0.2) is 0 Å². The number of hydrazone groups is 1. The van der Waals surface area contributed by atoms with Gasteiger partial charge in [-0.1, -0.05) is 82.1 Å². The minimum Gasteiger partial charge on any atom is -0.317 e. The highest BCUT2D eigenvalue weighted by Crippen LogP contribution is 2.15. The molecule has 30 heavy (non-hydrogen) atoms. The summed E-state index contributed by atoms with van der Waals surface area (Å²) >= 11 is 9.46. The maximum absolute atomic E-state index is 12.7. The van der Waals surface area contributed by atoms with E-state index >= 15 is 0 Å². The smallest absolute Gasteiger partial charge is 0.287 e. The largest absolute Gasteiger partial charge is 0.317 e. The van der Waals surface area contributed by atoms with Crippen LogP contribution in [-0.2, 0) is 4.79 Å². The summed E-state index contributed by atoms with van der Waals surface area (Å²) < 4.78 is 0.944. The molecule has 0 heterocycles. The molecule has 0 unspecified atom stereocenters. The highest BCUT2D eigenvalue weighted by atomic mass is 79.9. The van der Waals surface area contributed by atoms with Crippen molar-refractivity contribution in [2.75, 3.05) is 0 Å². The molecule has 0 aliphatic rings. The number of halogens is 2. The van der Waals surface area contributed by atoms with Crippen LogP contribution in [0.15, 0.2) is 94.1 Å². The second-order valence-electron chi connectivity index (χ2n) is 6.15. The Morgan fingerprint density at radius 3 is 2.23 bits per heavy atom. The van der Waals surface area contributed by atoms with Crippen LogP contribution in [0.1, 0.15) is 21.5 Å². The van der Waals surface area contributed by atoms with Gasteiger partial charge in [0.2, 0.25) is 0 Å². The van der Waals surface area contributed by atoms with Crippen LogP contribution in [0, 0.1) is 0 Å². The Hall–Kier alpha value is -3.22. The maximum atomic E-state index is 12.7. The van der Waals surface area contributed by atoms with Gasteiger partial charge in [-0.05, 0) is 41.5 Å². The van der Waals surface area contributed by atoms with E-state index in [-0.39, 0.29) is 11.3 Å². The van der Waals surface area contributed by atoms with Crippen molar-refractivity contribution in [1.82, 2.24) is 10.7 Å². The molecular formula is C23H17BrClN3O2. The van der Waals surface area contributed by atoms with Gasteiger partial charge in [-0.3, -0.25) is 9.59 Å². The molecule has 0 aromatic heterocycles. The van der Waals surface area contributed by atoms with E-state index in [9.17, 15) is 9.59 Å². The second-order valence-corrected chi connectivity index (χ2v) is 7.48. The van der Waals surface area contributed by atoms with E-state index in [1.165, 1.54) is 6.21 Å². The van der Waals surface area contributed by atoms with Crippen LogP contribution >= 0.6 is 27.5 Å². The fraction of sp³-hybridized carbons (Fsp3) is 0. The molecule has 3 rings (SSSR count). The number of amides is 2. The van der Waals surface area contributed by atoms with Gasteiger partial charge in [0.1, 0.15) is 5.70 Å². The molecule has 0 saturated carbocycles. The third-order valence-corrected chi connectivity index (χ3v) is 4.83. The Kier molecular flexibility index (Phi) is 7.54. The molecule has 2 N–H and O–H groups in total. The molecule has 0 atom stereocenters. The molecule has 0 saturated heterocycles. The van der Waals surface area contributed by atoms with Crippen molar-refractivity contribution in [2.24, 2.45) is 5.10 Å². The van der Waals surface area contributed by atoms with E-state index in [0.717, 1.165) is 15.6 Å². The first-order valence-electron chi connectivity index (χ1n) is 8.94. The molecule has 2 amide bonds. The zero-order valence-corrected chi connectivity index (χ0v) is 18.0. The van der Waals surface area contributed by atoms with E-state index in [2.05, 4.69) is 31.8 Å². The minimum absolute atomic E-state index is 0.0408. The van der Waals surface area contributed by atoms with Crippen molar-refractivity contribution in [3.8, 4) is 0 Å². The highest BCUT2D eigenvalue weighted by molar-refractivity contribution is 9.10. The topological polar surface area (TPSA) is 70.6 Å². The van der Waals surface area contributed by atoms with Crippen molar-refractivity contribution in [1.29, 1.82) is 0 Å². The average molecular weight is 483 g/mol. The lowest BCUT2D eigenvalue weighted by atomic mass is 10.1. The molecular weight excluding hydrogens is 466 g/mol. The molecule has 0 aliphatic carbocycles. The van der Waals surface area contributed by atoms with Crippen LogP contribution < -0.4 is 10.7 Å². The minimum atomic E-state index is -0.562. The summed E-state index contributed by atoms with van der Waals surface area (Å²) in [5.74, 6) is -1.05. The first kappa shape index (κ1) is 21.5. The van der Waals surface area contributed by atoms with Crippen LogP contribution in [0.5, 0.6) is 0 Å². The fourth-order valence-corrected chi connectivity index (χ4v) is 2.97. The number of carbonyl (C=O) groups is 2. The van der Waals surface area contributed by atoms with E-state index in [1.54, 1.807) is 30.3 Å². The quantitative estimate of drug-likeness (QED) is 0.294. The highest BCUT2D eigenvalue weighted by Gasteiger charge is 2.16. The number of nitrogens with one attached hydrogen (secondary N) is 2. The van der Waals surface area contributed by atoms with Crippen LogP contribution in [0.25, 0.3) is 6.08 Å². The lowest BCUT2D eigenvalue weighted by Crippen LogP contribution is -2.33. The molecule has 0 bridgehead atoms. The third-order valence-electron chi connectivity index (χ3n) is 3.97. The first-order chi connectivity index (χ1) is 14.5. The zero-order chi connectivity index (χ0) is 21.3. The van der Waals surface area contributed by atoms with Crippen LogP contribution in [0.3, 0.4) is 0 Å². The number of rotatable bonds is 6. The van der Waals surface area contributed by atoms with Crippen LogP contribution in [0.4, 0.5) is 0 Å². The molecule has 7 heteroatoms. The van der Waals surface area contributed by atoms with E-state index < -0.39 is 11.8 Å². The first-order valence-corrected chi connectivity index (χ1v) is 10.1. The lowest BCUT2D eigenvalue weighted by Gasteiger charge is -2.10. The summed E-state index contributed by atoms with van der Waals surface area (Å²) in [6, 6.07) is 23.2. The van der Waals surface area contributed by atoms with Crippen molar-refractivity contribution in [3.05, 3.63) is 111 Å². The second kappa shape index (κ2) is 10.5. The molecule has 3 aromatic rings. The summed E-state index contributed by atoms with van der Waals surface area (Å²) in [7, 11) is 0. The van der Waals surface area contributed by atoms with Crippen molar-refractivity contribution >= 4 is 51.6 Å². The van der Waals surface area contributed by atoms with Crippen molar-refractivity contribution in [3.63, 3.8) is 0 Å². The van der Waals surface area contributed by atoms with Gasteiger partial charge in [0, 0.05) is 4.47 Å².